The molecule has 3 aromatic heterocycles. The summed E-state index contributed by atoms with van der Waals surface area (Å²) in [7, 11) is 0. The van der Waals surface area contributed by atoms with Crippen molar-refractivity contribution in [3.05, 3.63) is 65.5 Å². The number of hydrogen-bond acceptors (Lipinski definition) is 4. The summed E-state index contributed by atoms with van der Waals surface area (Å²) < 4.78 is 5.44. The van der Waals surface area contributed by atoms with E-state index in [1.54, 1.807) is 17.6 Å². The van der Waals surface area contributed by atoms with Crippen LogP contribution in [0, 0.1) is 0 Å². The van der Waals surface area contributed by atoms with E-state index >= 15 is 0 Å². The number of amides is 2. The fourth-order valence-corrected chi connectivity index (χ4v) is 3.44. The summed E-state index contributed by atoms with van der Waals surface area (Å²) in [6, 6.07) is 11.8. The van der Waals surface area contributed by atoms with Gasteiger partial charge < -0.3 is 20.0 Å². The number of fused-ring (bicyclic) bond motifs is 1. The number of oxazole rings is 1. The number of carbonyl (C=O) groups excluding carboxylic acids is 1. The highest BCUT2D eigenvalue weighted by Gasteiger charge is 2.09. The summed E-state index contributed by atoms with van der Waals surface area (Å²) in [5.74, 6) is 0.580. The van der Waals surface area contributed by atoms with Gasteiger partial charge in [0, 0.05) is 23.6 Å². The molecule has 6 nitrogen and oxygen atoms in total. The molecule has 0 radical (unpaired) electrons. The molecule has 132 valence electrons. The van der Waals surface area contributed by atoms with Crippen LogP contribution in [0.4, 0.5) is 4.79 Å². The number of thiophene rings is 1. The molecule has 0 saturated heterocycles. The molecule has 4 rings (SSSR count). The topological polar surface area (TPSA) is 83.0 Å². The first-order chi connectivity index (χ1) is 12.8. The molecule has 26 heavy (non-hydrogen) atoms. The maximum atomic E-state index is 12.0. The number of nitrogens with zero attached hydrogens (tertiary/aromatic N) is 1. The second kappa shape index (κ2) is 7.45. The fraction of sp³-hybridized carbons (Fsp3) is 0.158. The van der Waals surface area contributed by atoms with Crippen molar-refractivity contribution in [2.45, 2.75) is 13.0 Å². The van der Waals surface area contributed by atoms with Gasteiger partial charge in [-0.3, -0.25) is 0 Å². The van der Waals surface area contributed by atoms with Crippen molar-refractivity contribution in [1.29, 1.82) is 0 Å². The molecule has 1 aromatic carbocycles. The highest BCUT2D eigenvalue weighted by Crippen LogP contribution is 2.23. The van der Waals surface area contributed by atoms with Crippen molar-refractivity contribution < 1.29 is 9.21 Å². The molecule has 0 saturated carbocycles. The van der Waals surface area contributed by atoms with E-state index in [0.29, 0.717) is 24.7 Å². The van der Waals surface area contributed by atoms with Crippen molar-refractivity contribution in [3.8, 4) is 10.8 Å². The third-order valence-corrected chi connectivity index (χ3v) is 4.93. The quantitative estimate of drug-likeness (QED) is 0.483. The first-order valence-electron chi connectivity index (χ1n) is 8.34. The number of hydrogen-bond donors (Lipinski definition) is 3. The maximum absolute atomic E-state index is 12.0. The number of benzene rings is 1. The third-order valence-electron chi connectivity index (χ3n) is 4.07. The van der Waals surface area contributed by atoms with Gasteiger partial charge >= 0.3 is 6.03 Å². The molecule has 7 heteroatoms. The zero-order valence-corrected chi connectivity index (χ0v) is 14.8. The van der Waals surface area contributed by atoms with Crippen LogP contribution >= 0.6 is 11.3 Å². The SMILES string of the molecule is O=C(NCCc1c[nH]c2ccccc12)NCc1coc(-c2cccs2)n1. The standard InChI is InChI=1S/C19H18N4O2S/c24-19(20-8-7-13-10-21-16-5-2-1-4-15(13)16)22-11-14-12-25-18(23-14)17-6-3-9-26-17/h1-6,9-10,12,21H,7-8,11H2,(H2,20,22,24). The van der Waals surface area contributed by atoms with E-state index in [1.807, 2.05) is 41.9 Å². The van der Waals surface area contributed by atoms with Crippen LogP contribution in [-0.4, -0.2) is 22.5 Å². The number of aromatic amines is 1. The Labute approximate surface area is 154 Å². The lowest BCUT2D eigenvalue weighted by molar-refractivity contribution is 0.240. The van der Waals surface area contributed by atoms with Gasteiger partial charge in [0.05, 0.1) is 17.1 Å². The molecule has 0 spiro atoms. The van der Waals surface area contributed by atoms with Crippen molar-refractivity contribution in [3.63, 3.8) is 0 Å². The first-order valence-corrected chi connectivity index (χ1v) is 9.22. The molecule has 0 aliphatic rings. The van der Waals surface area contributed by atoms with Crippen LogP contribution in [-0.2, 0) is 13.0 Å². The Morgan fingerprint density at radius 2 is 2.12 bits per heavy atom. The fourth-order valence-electron chi connectivity index (χ4n) is 2.78. The molecule has 3 N–H and O–H groups in total. The predicted octanol–water partition coefficient (Wildman–Crippen LogP) is 3.93. The predicted molar refractivity (Wildman–Crippen MR) is 102 cm³/mol. The molecule has 0 aliphatic heterocycles. The van der Waals surface area contributed by atoms with Gasteiger partial charge in [0.2, 0.25) is 5.89 Å². The Hall–Kier alpha value is -3.06. The molecule has 2 amide bonds. The molecule has 0 atom stereocenters. The summed E-state index contributed by atoms with van der Waals surface area (Å²) >= 11 is 1.57. The van der Waals surface area contributed by atoms with E-state index in [1.165, 1.54) is 10.9 Å². The van der Waals surface area contributed by atoms with Crippen molar-refractivity contribution in [1.82, 2.24) is 20.6 Å². The molecular weight excluding hydrogens is 348 g/mol. The van der Waals surface area contributed by atoms with Crippen molar-refractivity contribution >= 4 is 28.3 Å². The first kappa shape index (κ1) is 16.4. The number of para-hydroxylation sites is 1. The van der Waals surface area contributed by atoms with Gasteiger partial charge in [0.1, 0.15) is 6.26 Å². The Kier molecular flexibility index (Phi) is 4.70. The number of urea groups is 1. The number of aromatic nitrogens is 2. The van der Waals surface area contributed by atoms with Crippen LogP contribution in [0.3, 0.4) is 0 Å². The van der Waals surface area contributed by atoms with Crippen molar-refractivity contribution in [2.24, 2.45) is 0 Å². The molecule has 0 unspecified atom stereocenters. The van der Waals surface area contributed by atoms with Crippen LogP contribution in [0.5, 0.6) is 0 Å². The van der Waals surface area contributed by atoms with Gasteiger partial charge in [0.15, 0.2) is 0 Å². The minimum absolute atomic E-state index is 0.217. The van der Waals surface area contributed by atoms with E-state index in [2.05, 4.69) is 26.7 Å². The Bertz CT molecular complexity index is 1000. The minimum Gasteiger partial charge on any atom is -0.443 e. The number of rotatable bonds is 6. The molecule has 0 fully saturated rings. The number of carbonyl (C=O) groups is 1. The van der Waals surface area contributed by atoms with E-state index < -0.39 is 0 Å². The summed E-state index contributed by atoms with van der Waals surface area (Å²) in [5, 5.41) is 8.83. The summed E-state index contributed by atoms with van der Waals surface area (Å²) in [6.45, 7) is 0.890. The van der Waals surface area contributed by atoms with Gasteiger partial charge in [-0.05, 0) is 29.5 Å². The van der Waals surface area contributed by atoms with Crippen molar-refractivity contribution in [2.75, 3.05) is 6.54 Å². The molecule has 4 aromatic rings. The van der Waals surface area contributed by atoms with Gasteiger partial charge in [-0.15, -0.1) is 11.3 Å². The zero-order chi connectivity index (χ0) is 17.8. The zero-order valence-electron chi connectivity index (χ0n) is 14.0. The van der Waals surface area contributed by atoms with E-state index in [0.717, 1.165) is 16.8 Å². The van der Waals surface area contributed by atoms with Crippen LogP contribution in [0.15, 0.2) is 58.7 Å². The average molecular weight is 366 g/mol. The maximum Gasteiger partial charge on any atom is 0.315 e. The van der Waals surface area contributed by atoms with Crippen LogP contribution < -0.4 is 10.6 Å². The Morgan fingerprint density at radius 1 is 1.19 bits per heavy atom. The van der Waals surface area contributed by atoms with Crippen LogP contribution in [0.2, 0.25) is 0 Å². The Balaban J connectivity index is 1.24. The lowest BCUT2D eigenvalue weighted by Crippen LogP contribution is -2.36. The normalized spacial score (nSPS) is 10.9. The lowest BCUT2D eigenvalue weighted by atomic mass is 10.1. The summed E-state index contributed by atoms with van der Waals surface area (Å²) in [6.07, 6.45) is 4.33. The monoisotopic (exact) mass is 366 g/mol. The second-order valence-electron chi connectivity index (χ2n) is 5.84. The van der Waals surface area contributed by atoms with Crippen LogP contribution in [0.25, 0.3) is 21.7 Å². The Morgan fingerprint density at radius 3 is 3.00 bits per heavy atom. The van der Waals surface area contributed by atoms with E-state index in [4.69, 9.17) is 4.42 Å². The van der Waals surface area contributed by atoms with Gasteiger partial charge in [-0.25, -0.2) is 9.78 Å². The summed E-state index contributed by atoms with van der Waals surface area (Å²) in [4.78, 5) is 20.5. The van der Waals surface area contributed by atoms with Gasteiger partial charge in [-0.1, -0.05) is 24.3 Å². The third kappa shape index (κ3) is 3.62. The highest BCUT2D eigenvalue weighted by atomic mass is 32.1. The van der Waals surface area contributed by atoms with Gasteiger partial charge in [0.25, 0.3) is 0 Å². The number of H-pyrrole nitrogens is 1. The lowest BCUT2D eigenvalue weighted by Gasteiger charge is -2.06. The summed E-state index contributed by atoms with van der Waals surface area (Å²) in [5.41, 5.74) is 3.00. The largest absolute Gasteiger partial charge is 0.443 e. The average Bonchev–Trinajstić information content (AvgIpc) is 3.40. The van der Waals surface area contributed by atoms with E-state index in [9.17, 15) is 4.79 Å². The molecule has 3 heterocycles. The minimum atomic E-state index is -0.217. The molecule has 0 aliphatic carbocycles. The van der Waals surface area contributed by atoms with E-state index in [-0.39, 0.29) is 6.03 Å². The molecule has 0 bridgehead atoms. The smallest absolute Gasteiger partial charge is 0.315 e. The highest BCUT2D eigenvalue weighted by molar-refractivity contribution is 7.13. The van der Waals surface area contributed by atoms with Crippen LogP contribution in [0.1, 0.15) is 11.3 Å². The molecular formula is C19H18N4O2S. The van der Waals surface area contributed by atoms with Gasteiger partial charge in [-0.2, -0.15) is 0 Å². The second-order valence-corrected chi connectivity index (χ2v) is 6.79. The number of nitrogens with one attached hydrogen (secondary N) is 3.